The Morgan fingerprint density at radius 1 is 1.09 bits per heavy atom. The van der Waals surface area contributed by atoms with Crippen LogP contribution in [0.2, 0.25) is 0 Å². The maximum absolute atomic E-state index is 13.5. The third kappa shape index (κ3) is 5.46. The summed E-state index contributed by atoms with van der Waals surface area (Å²) in [6.07, 6.45) is 1.07. The number of likely N-dealkylation sites (tertiary alicyclic amines) is 1. The second-order valence-electron chi connectivity index (χ2n) is 7.88. The molecular formula is C25H30N2O5. The van der Waals surface area contributed by atoms with Crippen molar-refractivity contribution in [2.75, 3.05) is 13.2 Å². The van der Waals surface area contributed by atoms with Gasteiger partial charge in [-0.2, -0.15) is 0 Å². The predicted molar refractivity (Wildman–Crippen MR) is 120 cm³/mol. The molecule has 1 aliphatic rings. The lowest BCUT2D eigenvalue weighted by Gasteiger charge is -2.29. The van der Waals surface area contributed by atoms with E-state index in [2.05, 4.69) is 5.32 Å². The number of nitrogens with one attached hydrogen (secondary N) is 1. The second-order valence-corrected chi connectivity index (χ2v) is 7.88. The van der Waals surface area contributed by atoms with Gasteiger partial charge in [-0.3, -0.25) is 9.59 Å². The Kier molecular flexibility index (Phi) is 7.87. The average molecular weight is 439 g/mol. The van der Waals surface area contributed by atoms with Crippen LogP contribution in [0, 0.1) is 0 Å². The number of rotatable bonds is 9. The molecule has 2 aromatic rings. The maximum atomic E-state index is 13.5. The largest absolute Gasteiger partial charge is 0.494 e. The van der Waals surface area contributed by atoms with Gasteiger partial charge < -0.3 is 20.1 Å². The fourth-order valence-electron chi connectivity index (χ4n) is 4.21. The normalized spacial score (nSPS) is 18.8. The fourth-order valence-corrected chi connectivity index (χ4v) is 4.21. The van der Waals surface area contributed by atoms with Crippen LogP contribution in [0.3, 0.4) is 0 Å². The van der Waals surface area contributed by atoms with Crippen LogP contribution in [0.25, 0.3) is 0 Å². The van der Waals surface area contributed by atoms with E-state index in [0.29, 0.717) is 19.6 Å². The standard InChI is InChI=1S/C25H30N2O5/c1-3-22(28)26-21(16-17-10-12-19(13-11-17)32-4-2)24(29)27-15-14-20(23(27)25(30)31)18-8-6-5-7-9-18/h5-13,20-21,23H,3-4,14-16H2,1-2H3,(H,26,28)(H,30,31)/t20-,21?,23+/m1/s1. The molecule has 0 saturated carbocycles. The van der Waals surface area contributed by atoms with Crippen LogP contribution < -0.4 is 10.1 Å². The van der Waals surface area contributed by atoms with Crippen LogP contribution in [-0.4, -0.2) is 53.0 Å². The van der Waals surface area contributed by atoms with Gasteiger partial charge in [0, 0.05) is 25.3 Å². The van der Waals surface area contributed by atoms with Crippen molar-refractivity contribution in [2.24, 2.45) is 0 Å². The summed E-state index contributed by atoms with van der Waals surface area (Å²) in [7, 11) is 0. The first-order valence-electron chi connectivity index (χ1n) is 11.0. The molecule has 170 valence electrons. The van der Waals surface area contributed by atoms with Crippen molar-refractivity contribution < 1.29 is 24.2 Å². The fraction of sp³-hybridized carbons (Fsp3) is 0.400. The Morgan fingerprint density at radius 2 is 1.78 bits per heavy atom. The summed E-state index contributed by atoms with van der Waals surface area (Å²) in [6, 6.07) is 15.0. The molecule has 1 saturated heterocycles. The summed E-state index contributed by atoms with van der Waals surface area (Å²) in [6.45, 7) is 4.51. The number of amides is 2. The second kappa shape index (κ2) is 10.8. The Morgan fingerprint density at radius 3 is 2.38 bits per heavy atom. The molecule has 1 aliphatic heterocycles. The number of benzene rings is 2. The molecule has 1 heterocycles. The molecule has 2 amide bonds. The molecule has 0 radical (unpaired) electrons. The van der Waals surface area contributed by atoms with Crippen LogP contribution in [0.1, 0.15) is 43.7 Å². The highest BCUT2D eigenvalue weighted by Crippen LogP contribution is 2.34. The zero-order valence-electron chi connectivity index (χ0n) is 18.5. The van der Waals surface area contributed by atoms with E-state index in [-0.39, 0.29) is 30.6 Å². The number of carbonyl (C=O) groups excluding carboxylic acids is 2. The summed E-state index contributed by atoms with van der Waals surface area (Å²) in [4.78, 5) is 39.2. The summed E-state index contributed by atoms with van der Waals surface area (Å²) < 4.78 is 5.46. The highest BCUT2D eigenvalue weighted by molar-refractivity contribution is 5.91. The topological polar surface area (TPSA) is 95.9 Å². The third-order valence-corrected chi connectivity index (χ3v) is 5.79. The van der Waals surface area contributed by atoms with Gasteiger partial charge in [0.2, 0.25) is 11.8 Å². The molecule has 0 bridgehead atoms. The van der Waals surface area contributed by atoms with Crippen molar-refractivity contribution >= 4 is 17.8 Å². The summed E-state index contributed by atoms with van der Waals surface area (Å²) in [5.74, 6) is -1.21. The lowest BCUT2D eigenvalue weighted by molar-refractivity contribution is -0.149. The van der Waals surface area contributed by atoms with E-state index in [1.54, 1.807) is 6.92 Å². The van der Waals surface area contributed by atoms with E-state index in [9.17, 15) is 19.5 Å². The molecule has 7 heteroatoms. The van der Waals surface area contributed by atoms with E-state index in [1.807, 2.05) is 61.5 Å². The van der Waals surface area contributed by atoms with Crippen molar-refractivity contribution in [3.8, 4) is 5.75 Å². The van der Waals surface area contributed by atoms with Crippen molar-refractivity contribution in [3.05, 3.63) is 65.7 Å². The molecule has 32 heavy (non-hydrogen) atoms. The van der Waals surface area contributed by atoms with Gasteiger partial charge in [0.1, 0.15) is 17.8 Å². The van der Waals surface area contributed by atoms with Crippen LogP contribution in [0.15, 0.2) is 54.6 Å². The highest BCUT2D eigenvalue weighted by atomic mass is 16.5. The molecule has 2 aromatic carbocycles. The predicted octanol–water partition coefficient (Wildman–Crippen LogP) is 2.99. The summed E-state index contributed by atoms with van der Waals surface area (Å²) >= 11 is 0. The van der Waals surface area contributed by atoms with Gasteiger partial charge in [-0.1, -0.05) is 49.4 Å². The SMILES string of the molecule is CCOc1ccc(CC(NC(=O)CC)C(=O)N2CC[C@H](c3ccccc3)[C@H]2C(=O)O)cc1. The lowest BCUT2D eigenvalue weighted by atomic mass is 9.91. The van der Waals surface area contributed by atoms with E-state index in [0.717, 1.165) is 16.9 Å². The minimum atomic E-state index is -1.04. The number of carboxylic acids is 1. The first kappa shape index (κ1) is 23.3. The van der Waals surface area contributed by atoms with Crippen LogP contribution >= 0.6 is 0 Å². The zero-order chi connectivity index (χ0) is 23.1. The quantitative estimate of drug-likeness (QED) is 0.628. The smallest absolute Gasteiger partial charge is 0.327 e. The van der Waals surface area contributed by atoms with Crippen LogP contribution in [0.5, 0.6) is 5.75 Å². The molecule has 3 rings (SSSR count). The Labute approximate surface area is 188 Å². The van der Waals surface area contributed by atoms with Gasteiger partial charge in [0.05, 0.1) is 6.61 Å². The lowest BCUT2D eigenvalue weighted by Crippen LogP contribution is -2.53. The van der Waals surface area contributed by atoms with Gasteiger partial charge in [-0.25, -0.2) is 4.79 Å². The zero-order valence-corrected chi connectivity index (χ0v) is 18.5. The minimum absolute atomic E-state index is 0.238. The van der Waals surface area contributed by atoms with Crippen molar-refractivity contribution in [1.82, 2.24) is 10.2 Å². The van der Waals surface area contributed by atoms with E-state index in [4.69, 9.17) is 4.74 Å². The molecule has 0 aromatic heterocycles. The Hall–Kier alpha value is -3.35. The van der Waals surface area contributed by atoms with Gasteiger partial charge in [-0.05, 0) is 36.6 Å². The average Bonchev–Trinajstić information content (AvgIpc) is 3.25. The number of ether oxygens (including phenoxy) is 1. The molecule has 0 spiro atoms. The number of aliphatic carboxylic acids is 1. The number of hydrogen-bond donors (Lipinski definition) is 2. The van der Waals surface area contributed by atoms with E-state index < -0.39 is 18.1 Å². The van der Waals surface area contributed by atoms with Gasteiger partial charge in [0.25, 0.3) is 0 Å². The molecule has 1 fully saturated rings. The highest BCUT2D eigenvalue weighted by Gasteiger charge is 2.44. The molecule has 2 N–H and O–H groups in total. The summed E-state index contributed by atoms with van der Waals surface area (Å²) in [5, 5.41) is 12.7. The van der Waals surface area contributed by atoms with Gasteiger partial charge in [-0.15, -0.1) is 0 Å². The molecule has 3 atom stereocenters. The minimum Gasteiger partial charge on any atom is -0.494 e. The monoisotopic (exact) mass is 438 g/mol. The van der Waals surface area contributed by atoms with Gasteiger partial charge >= 0.3 is 5.97 Å². The number of carbonyl (C=O) groups is 3. The molecule has 1 unspecified atom stereocenters. The van der Waals surface area contributed by atoms with Gasteiger partial charge in [0.15, 0.2) is 0 Å². The van der Waals surface area contributed by atoms with E-state index in [1.165, 1.54) is 4.90 Å². The maximum Gasteiger partial charge on any atom is 0.327 e. The third-order valence-electron chi connectivity index (χ3n) is 5.79. The van der Waals surface area contributed by atoms with Crippen LogP contribution in [0.4, 0.5) is 0 Å². The van der Waals surface area contributed by atoms with E-state index >= 15 is 0 Å². The molecule has 7 nitrogen and oxygen atoms in total. The number of hydrogen-bond acceptors (Lipinski definition) is 4. The Balaban J connectivity index is 1.83. The summed E-state index contributed by atoms with van der Waals surface area (Å²) in [5.41, 5.74) is 1.75. The number of carboxylic acid groups (broad SMARTS) is 1. The Bertz CT molecular complexity index is 929. The van der Waals surface area contributed by atoms with Crippen molar-refractivity contribution in [3.63, 3.8) is 0 Å². The molecule has 0 aliphatic carbocycles. The van der Waals surface area contributed by atoms with Crippen LogP contribution in [-0.2, 0) is 20.8 Å². The first-order chi connectivity index (χ1) is 15.4. The molecular weight excluding hydrogens is 408 g/mol. The van der Waals surface area contributed by atoms with Crippen molar-refractivity contribution in [2.45, 2.75) is 51.1 Å². The van der Waals surface area contributed by atoms with Crippen molar-refractivity contribution in [1.29, 1.82) is 0 Å². The number of nitrogens with zero attached hydrogens (tertiary/aromatic N) is 1. The first-order valence-corrected chi connectivity index (χ1v) is 11.0.